The molecule has 0 aliphatic heterocycles. The summed E-state index contributed by atoms with van der Waals surface area (Å²) in [4.78, 5) is 0. The summed E-state index contributed by atoms with van der Waals surface area (Å²) in [5, 5.41) is 3.29. The first kappa shape index (κ1) is 10.4. The number of rotatable bonds is 4. The zero-order chi connectivity index (χ0) is 9.90. The first-order valence-corrected chi connectivity index (χ1v) is 5.87. The van der Waals surface area contributed by atoms with Crippen molar-refractivity contribution >= 4 is 26.6 Å². The Hall–Kier alpha value is -0.730. The van der Waals surface area contributed by atoms with Gasteiger partial charge in [0, 0.05) is 18.1 Å². The standard InChI is InChI=1S/C5H10N4O2S2/c1-4(2-6)13(10,11)8-5-3-7-9-12-5/h3-4,8H,2,6H2,1H3. The lowest BCUT2D eigenvalue weighted by molar-refractivity contribution is 0.589. The van der Waals surface area contributed by atoms with Gasteiger partial charge in [-0.25, -0.2) is 8.42 Å². The second-order valence-electron chi connectivity index (χ2n) is 2.48. The predicted octanol–water partition coefficient (Wildman–Crippen LogP) is -0.373. The first-order chi connectivity index (χ1) is 6.06. The molecule has 1 unspecified atom stereocenters. The second kappa shape index (κ2) is 3.99. The molecule has 0 saturated carbocycles. The Morgan fingerprint density at radius 1 is 1.77 bits per heavy atom. The van der Waals surface area contributed by atoms with Crippen molar-refractivity contribution in [1.29, 1.82) is 0 Å². The van der Waals surface area contributed by atoms with E-state index >= 15 is 0 Å². The average molecular weight is 222 g/mol. The van der Waals surface area contributed by atoms with Crippen LogP contribution in [0.15, 0.2) is 6.20 Å². The molecule has 0 saturated heterocycles. The molecule has 1 heterocycles. The number of aromatic nitrogens is 2. The quantitative estimate of drug-likeness (QED) is 0.724. The van der Waals surface area contributed by atoms with Crippen LogP contribution in [0.4, 0.5) is 5.00 Å². The summed E-state index contributed by atoms with van der Waals surface area (Å²) in [6, 6.07) is 0. The van der Waals surface area contributed by atoms with E-state index in [-0.39, 0.29) is 6.54 Å². The van der Waals surface area contributed by atoms with E-state index in [2.05, 4.69) is 14.3 Å². The van der Waals surface area contributed by atoms with Gasteiger partial charge in [-0.15, -0.1) is 5.10 Å². The highest BCUT2D eigenvalue weighted by atomic mass is 32.2. The molecule has 0 bridgehead atoms. The Kier molecular flexibility index (Phi) is 3.17. The van der Waals surface area contributed by atoms with Crippen LogP contribution in [0.3, 0.4) is 0 Å². The summed E-state index contributed by atoms with van der Waals surface area (Å²) in [6.45, 7) is 1.62. The largest absolute Gasteiger partial charge is 0.329 e. The maximum Gasteiger partial charge on any atom is 0.237 e. The highest BCUT2D eigenvalue weighted by Crippen LogP contribution is 2.13. The van der Waals surface area contributed by atoms with Gasteiger partial charge >= 0.3 is 0 Å². The number of sulfonamides is 1. The Morgan fingerprint density at radius 2 is 2.46 bits per heavy atom. The van der Waals surface area contributed by atoms with Crippen LogP contribution in [-0.2, 0) is 10.0 Å². The van der Waals surface area contributed by atoms with Gasteiger partial charge in [-0.2, -0.15) is 0 Å². The maximum absolute atomic E-state index is 11.4. The minimum atomic E-state index is -3.38. The fraction of sp³-hybridized carbons (Fsp3) is 0.600. The summed E-state index contributed by atoms with van der Waals surface area (Å²) in [6.07, 6.45) is 1.35. The van der Waals surface area contributed by atoms with Crippen molar-refractivity contribution in [2.75, 3.05) is 11.3 Å². The third-order valence-electron chi connectivity index (χ3n) is 1.47. The van der Waals surface area contributed by atoms with Crippen molar-refractivity contribution in [3.05, 3.63) is 6.20 Å². The zero-order valence-electron chi connectivity index (χ0n) is 6.97. The van der Waals surface area contributed by atoms with Gasteiger partial charge in [0.25, 0.3) is 0 Å². The molecule has 0 fully saturated rings. The van der Waals surface area contributed by atoms with Gasteiger partial charge in [-0.1, -0.05) is 4.49 Å². The second-order valence-corrected chi connectivity index (χ2v) is 5.36. The number of hydrogen-bond donors (Lipinski definition) is 2. The van der Waals surface area contributed by atoms with Gasteiger partial charge in [-0.05, 0) is 6.92 Å². The van der Waals surface area contributed by atoms with E-state index in [1.54, 1.807) is 0 Å². The van der Waals surface area contributed by atoms with E-state index in [1.807, 2.05) is 0 Å². The fourth-order valence-electron chi connectivity index (χ4n) is 0.580. The number of nitrogens with one attached hydrogen (secondary N) is 1. The Labute approximate surface area is 80.4 Å². The highest BCUT2D eigenvalue weighted by Gasteiger charge is 2.19. The Bertz CT molecular complexity index is 347. The molecule has 6 nitrogen and oxygen atoms in total. The molecule has 1 rings (SSSR count). The molecule has 8 heteroatoms. The van der Waals surface area contributed by atoms with E-state index in [9.17, 15) is 8.42 Å². The predicted molar refractivity (Wildman–Crippen MR) is 51.0 cm³/mol. The molecule has 1 atom stereocenters. The van der Waals surface area contributed by atoms with Gasteiger partial charge in [-0.3, -0.25) is 4.72 Å². The lowest BCUT2D eigenvalue weighted by Gasteiger charge is -2.09. The molecule has 0 aliphatic rings. The van der Waals surface area contributed by atoms with Crippen LogP contribution in [0, 0.1) is 0 Å². The van der Waals surface area contributed by atoms with Crippen LogP contribution in [0.1, 0.15) is 6.92 Å². The van der Waals surface area contributed by atoms with E-state index in [4.69, 9.17) is 5.73 Å². The molecule has 0 amide bonds. The van der Waals surface area contributed by atoms with E-state index in [0.717, 1.165) is 11.5 Å². The van der Waals surface area contributed by atoms with Gasteiger partial charge in [0.1, 0.15) is 5.00 Å². The van der Waals surface area contributed by atoms with Crippen molar-refractivity contribution in [2.24, 2.45) is 5.73 Å². The number of hydrogen-bond acceptors (Lipinski definition) is 6. The molecule has 1 aromatic rings. The van der Waals surface area contributed by atoms with Crippen LogP contribution in [0.25, 0.3) is 0 Å². The molecule has 13 heavy (non-hydrogen) atoms. The van der Waals surface area contributed by atoms with Crippen LogP contribution >= 0.6 is 11.5 Å². The minimum absolute atomic E-state index is 0.0849. The molecule has 0 radical (unpaired) electrons. The first-order valence-electron chi connectivity index (χ1n) is 3.55. The van der Waals surface area contributed by atoms with Crippen LogP contribution in [-0.4, -0.2) is 29.8 Å². The smallest absolute Gasteiger partial charge is 0.237 e. The van der Waals surface area contributed by atoms with E-state index in [0.29, 0.717) is 5.00 Å². The minimum Gasteiger partial charge on any atom is -0.329 e. The normalized spacial score (nSPS) is 14.0. The Balaban J connectivity index is 2.74. The Morgan fingerprint density at radius 3 is 2.92 bits per heavy atom. The third kappa shape index (κ3) is 2.61. The van der Waals surface area contributed by atoms with Crippen LogP contribution < -0.4 is 10.5 Å². The summed E-state index contributed by atoms with van der Waals surface area (Å²) < 4.78 is 28.6. The lowest BCUT2D eigenvalue weighted by Crippen LogP contribution is -2.31. The molecular formula is C5H10N4O2S2. The SMILES string of the molecule is CC(CN)S(=O)(=O)Nc1cnns1. The number of nitrogens with two attached hydrogens (primary N) is 1. The average Bonchev–Trinajstić information content (AvgIpc) is 2.54. The summed E-state index contributed by atoms with van der Waals surface area (Å²) >= 11 is 0.985. The van der Waals surface area contributed by atoms with Gasteiger partial charge in [0.15, 0.2) is 0 Å². The molecule has 0 aromatic carbocycles. The molecule has 74 valence electrons. The highest BCUT2D eigenvalue weighted by molar-refractivity contribution is 7.93. The summed E-state index contributed by atoms with van der Waals surface area (Å²) in [7, 11) is -3.38. The monoisotopic (exact) mass is 222 g/mol. The van der Waals surface area contributed by atoms with Crippen molar-refractivity contribution in [3.8, 4) is 0 Å². The number of anilines is 1. The molecule has 1 aromatic heterocycles. The van der Waals surface area contributed by atoms with Crippen molar-refractivity contribution in [3.63, 3.8) is 0 Å². The van der Waals surface area contributed by atoms with Crippen molar-refractivity contribution in [2.45, 2.75) is 12.2 Å². The van der Waals surface area contributed by atoms with Gasteiger partial charge in [0.2, 0.25) is 10.0 Å². The third-order valence-corrected chi connectivity index (χ3v) is 3.93. The number of nitrogens with zero attached hydrogens (tertiary/aromatic N) is 2. The topological polar surface area (TPSA) is 98.0 Å². The zero-order valence-corrected chi connectivity index (χ0v) is 8.60. The lowest BCUT2D eigenvalue weighted by atomic mass is 10.5. The molecule has 0 aliphatic carbocycles. The van der Waals surface area contributed by atoms with Crippen LogP contribution in [0.2, 0.25) is 0 Å². The maximum atomic E-state index is 11.4. The molecule has 3 N–H and O–H groups in total. The fourth-order valence-corrected chi connectivity index (χ4v) is 2.14. The van der Waals surface area contributed by atoms with E-state index in [1.165, 1.54) is 13.1 Å². The van der Waals surface area contributed by atoms with Crippen molar-refractivity contribution in [1.82, 2.24) is 9.59 Å². The van der Waals surface area contributed by atoms with Crippen LogP contribution in [0.5, 0.6) is 0 Å². The van der Waals surface area contributed by atoms with Crippen molar-refractivity contribution < 1.29 is 8.42 Å². The van der Waals surface area contributed by atoms with Gasteiger partial charge in [0.05, 0.1) is 11.4 Å². The van der Waals surface area contributed by atoms with E-state index < -0.39 is 15.3 Å². The molecule has 0 spiro atoms. The van der Waals surface area contributed by atoms with Gasteiger partial charge < -0.3 is 5.73 Å². The summed E-state index contributed by atoms with van der Waals surface area (Å²) in [5.41, 5.74) is 5.24. The summed E-state index contributed by atoms with van der Waals surface area (Å²) in [5.74, 6) is 0. The molecular weight excluding hydrogens is 212 g/mol.